The number of methoxy groups -OCH3 is 1. The van der Waals surface area contributed by atoms with Crippen LogP contribution in [0, 0.1) is 5.92 Å². The van der Waals surface area contributed by atoms with Crippen LogP contribution >= 0.6 is 0 Å². The van der Waals surface area contributed by atoms with Gasteiger partial charge in [0.05, 0.1) is 13.0 Å². The number of carbonyl (C=O) groups is 1. The van der Waals surface area contributed by atoms with E-state index in [9.17, 15) is 4.79 Å². The molecule has 0 bridgehead atoms. The molecule has 0 saturated carbocycles. The number of likely N-dealkylation sites (tertiary alicyclic amines) is 1. The number of nitrogens with zero attached hydrogens (tertiary/aromatic N) is 1. The molecule has 1 heterocycles. The van der Waals surface area contributed by atoms with E-state index in [-0.39, 0.29) is 5.92 Å². The first-order chi connectivity index (χ1) is 9.08. The van der Waals surface area contributed by atoms with Crippen LogP contribution in [0.4, 0.5) is 5.69 Å². The van der Waals surface area contributed by atoms with Gasteiger partial charge in [0.1, 0.15) is 5.75 Å². The lowest BCUT2D eigenvalue weighted by molar-refractivity contribution is -0.143. The topological polar surface area (TPSA) is 75.8 Å². The van der Waals surface area contributed by atoms with Crippen molar-refractivity contribution in [2.75, 3.05) is 25.9 Å². The highest BCUT2D eigenvalue weighted by Crippen LogP contribution is 2.23. The fourth-order valence-corrected chi connectivity index (χ4v) is 2.49. The first kappa shape index (κ1) is 13.7. The lowest BCUT2D eigenvalue weighted by atomic mass is 9.97. The van der Waals surface area contributed by atoms with E-state index in [1.165, 1.54) is 0 Å². The molecule has 0 aromatic heterocycles. The highest BCUT2D eigenvalue weighted by Gasteiger charge is 2.24. The monoisotopic (exact) mass is 264 g/mol. The van der Waals surface area contributed by atoms with E-state index < -0.39 is 5.97 Å². The van der Waals surface area contributed by atoms with Crippen molar-refractivity contribution < 1.29 is 14.6 Å². The average Bonchev–Trinajstić information content (AvgIpc) is 2.38. The average molecular weight is 264 g/mol. The second kappa shape index (κ2) is 5.93. The number of anilines is 1. The third-order valence-electron chi connectivity index (χ3n) is 3.57. The molecule has 1 aliphatic heterocycles. The van der Waals surface area contributed by atoms with Gasteiger partial charge in [0.25, 0.3) is 0 Å². The Labute approximate surface area is 113 Å². The Morgan fingerprint density at radius 1 is 1.42 bits per heavy atom. The Balaban J connectivity index is 1.95. The van der Waals surface area contributed by atoms with Crippen LogP contribution < -0.4 is 10.5 Å². The van der Waals surface area contributed by atoms with Crippen molar-refractivity contribution in [3.05, 3.63) is 23.8 Å². The third kappa shape index (κ3) is 3.61. The zero-order valence-electron chi connectivity index (χ0n) is 11.1. The minimum absolute atomic E-state index is 0.188. The molecule has 3 N–H and O–H groups in total. The van der Waals surface area contributed by atoms with Gasteiger partial charge in [-0.15, -0.1) is 0 Å². The van der Waals surface area contributed by atoms with Crippen molar-refractivity contribution >= 4 is 11.7 Å². The van der Waals surface area contributed by atoms with Crippen LogP contribution in [0.3, 0.4) is 0 Å². The van der Waals surface area contributed by atoms with Gasteiger partial charge in [-0.05, 0) is 43.6 Å². The van der Waals surface area contributed by atoms with E-state index in [1.807, 2.05) is 12.1 Å². The molecule has 19 heavy (non-hydrogen) atoms. The number of nitrogens with two attached hydrogens (primary N) is 1. The molecule has 0 atom stereocenters. The quantitative estimate of drug-likeness (QED) is 0.807. The lowest BCUT2D eigenvalue weighted by Gasteiger charge is -2.30. The van der Waals surface area contributed by atoms with E-state index >= 15 is 0 Å². The number of hydrogen-bond acceptors (Lipinski definition) is 4. The smallest absolute Gasteiger partial charge is 0.306 e. The summed E-state index contributed by atoms with van der Waals surface area (Å²) >= 11 is 0. The minimum atomic E-state index is -0.676. The Bertz CT molecular complexity index is 454. The first-order valence-corrected chi connectivity index (χ1v) is 6.47. The van der Waals surface area contributed by atoms with E-state index in [4.69, 9.17) is 15.6 Å². The Morgan fingerprint density at radius 2 is 2.11 bits per heavy atom. The number of rotatable bonds is 4. The lowest BCUT2D eigenvalue weighted by Crippen LogP contribution is -2.35. The molecule has 0 aliphatic carbocycles. The first-order valence-electron chi connectivity index (χ1n) is 6.47. The van der Waals surface area contributed by atoms with E-state index in [2.05, 4.69) is 4.90 Å². The number of carboxylic acids is 1. The summed E-state index contributed by atoms with van der Waals surface area (Å²) < 4.78 is 5.20. The molecule has 5 heteroatoms. The molecule has 5 nitrogen and oxygen atoms in total. The molecule has 1 saturated heterocycles. The minimum Gasteiger partial charge on any atom is -0.497 e. The molecule has 104 valence electrons. The molecule has 1 aromatic rings. The van der Waals surface area contributed by atoms with Crippen LogP contribution in [0.2, 0.25) is 0 Å². The van der Waals surface area contributed by atoms with Gasteiger partial charge in [0, 0.05) is 18.3 Å². The number of hydrogen-bond donors (Lipinski definition) is 2. The van der Waals surface area contributed by atoms with Gasteiger partial charge >= 0.3 is 5.97 Å². The highest BCUT2D eigenvalue weighted by atomic mass is 16.5. The maximum atomic E-state index is 10.9. The van der Waals surface area contributed by atoms with Crippen LogP contribution in [0.1, 0.15) is 18.4 Å². The molecule has 0 unspecified atom stereocenters. The van der Waals surface area contributed by atoms with Gasteiger partial charge < -0.3 is 15.6 Å². The molecule has 0 spiro atoms. The Kier molecular flexibility index (Phi) is 4.27. The molecule has 1 aliphatic rings. The van der Waals surface area contributed by atoms with Crippen molar-refractivity contribution in [1.82, 2.24) is 4.90 Å². The molecule has 0 amide bonds. The van der Waals surface area contributed by atoms with Gasteiger partial charge in [-0.1, -0.05) is 0 Å². The zero-order chi connectivity index (χ0) is 13.8. The second-order valence-corrected chi connectivity index (χ2v) is 5.00. The summed E-state index contributed by atoms with van der Waals surface area (Å²) in [4.78, 5) is 13.2. The van der Waals surface area contributed by atoms with Gasteiger partial charge in [-0.2, -0.15) is 0 Å². The van der Waals surface area contributed by atoms with Gasteiger partial charge in [0.15, 0.2) is 0 Å². The second-order valence-electron chi connectivity index (χ2n) is 5.00. The van der Waals surface area contributed by atoms with Crippen molar-refractivity contribution in [3.8, 4) is 5.75 Å². The fraction of sp³-hybridized carbons (Fsp3) is 0.500. The summed E-state index contributed by atoms with van der Waals surface area (Å²) in [6.45, 7) is 2.41. The van der Waals surface area contributed by atoms with Gasteiger partial charge in [-0.3, -0.25) is 9.69 Å². The maximum absolute atomic E-state index is 10.9. The number of benzene rings is 1. The predicted molar refractivity (Wildman–Crippen MR) is 73.0 cm³/mol. The van der Waals surface area contributed by atoms with E-state index in [1.54, 1.807) is 13.2 Å². The van der Waals surface area contributed by atoms with Crippen LogP contribution in [0.5, 0.6) is 5.75 Å². The molecular formula is C14H20N2O3. The summed E-state index contributed by atoms with van der Waals surface area (Å²) in [5.41, 5.74) is 7.62. The molecule has 1 fully saturated rings. The van der Waals surface area contributed by atoms with Crippen molar-refractivity contribution in [2.45, 2.75) is 19.4 Å². The van der Waals surface area contributed by atoms with Crippen LogP contribution in [-0.2, 0) is 11.3 Å². The van der Waals surface area contributed by atoms with Crippen LogP contribution in [0.15, 0.2) is 18.2 Å². The summed E-state index contributed by atoms with van der Waals surface area (Å²) in [6.07, 6.45) is 1.43. The van der Waals surface area contributed by atoms with Crippen molar-refractivity contribution in [1.29, 1.82) is 0 Å². The fourth-order valence-electron chi connectivity index (χ4n) is 2.49. The predicted octanol–water partition coefficient (Wildman–Crippen LogP) is 1.57. The van der Waals surface area contributed by atoms with Crippen LogP contribution in [0.25, 0.3) is 0 Å². The molecule has 0 radical (unpaired) electrons. The number of carboxylic acid groups (broad SMARTS) is 1. The van der Waals surface area contributed by atoms with Crippen molar-refractivity contribution in [3.63, 3.8) is 0 Å². The SMILES string of the molecule is COc1cc(N)cc(CN2CCC(C(=O)O)CC2)c1. The van der Waals surface area contributed by atoms with Crippen LogP contribution in [-0.4, -0.2) is 36.2 Å². The zero-order valence-corrected chi connectivity index (χ0v) is 11.1. The molecule has 1 aromatic carbocycles. The number of nitrogen functional groups attached to an aromatic ring is 1. The summed E-state index contributed by atoms with van der Waals surface area (Å²) in [5, 5.41) is 8.97. The molecular weight excluding hydrogens is 244 g/mol. The van der Waals surface area contributed by atoms with Gasteiger partial charge in [0.2, 0.25) is 0 Å². The Morgan fingerprint density at radius 3 is 2.68 bits per heavy atom. The summed E-state index contributed by atoms with van der Waals surface area (Å²) in [7, 11) is 1.62. The van der Waals surface area contributed by atoms with Gasteiger partial charge in [-0.25, -0.2) is 0 Å². The number of ether oxygens (including phenoxy) is 1. The summed E-state index contributed by atoms with van der Waals surface area (Å²) in [6, 6.07) is 5.70. The largest absolute Gasteiger partial charge is 0.497 e. The normalized spacial score (nSPS) is 17.3. The number of aliphatic carboxylic acids is 1. The molecule has 2 rings (SSSR count). The summed E-state index contributed by atoms with van der Waals surface area (Å²) in [5.74, 6) is -0.104. The van der Waals surface area contributed by atoms with E-state index in [0.29, 0.717) is 5.69 Å². The van der Waals surface area contributed by atoms with E-state index in [0.717, 1.165) is 43.8 Å². The van der Waals surface area contributed by atoms with Crippen molar-refractivity contribution in [2.24, 2.45) is 5.92 Å². The highest BCUT2D eigenvalue weighted by molar-refractivity contribution is 5.70. The maximum Gasteiger partial charge on any atom is 0.306 e. The standard InChI is InChI=1S/C14H20N2O3/c1-19-13-7-10(6-12(15)8-13)9-16-4-2-11(3-5-16)14(17)18/h6-8,11H,2-5,9,15H2,1H3,(H,17,18). The third-order valence-corrected chi connectivity index (χ3v) is 3.57. The number of piperidine rings is 1. The Hall–Kier alpha value is -1.75.